The van der Waals surface area contributed by atoms with Crippen LogP contribution in [0.3, 0.4) is 0 Å². The van der Waals surface area contributed by atoms with Gasteiger partial charge in [0.25, 0.3) is 0 Å². The fourth-order valence-corrected chi connectivity index (χ4v) is 1.64. The highest BCUT2D eigenvalue weighted by Crippen LogP contribution is 2.24. The van der Waals surface area contributed by atoms with Gasteiger partial charge in [-0.2, -0.15) is 0 Å². The molecule has 0 spiro atoms. The molecule has 3 heteroatoms. The van der Waals surface area contributed by atoms with E-state index in [4.69, 9.17) is 4.74 Å². The number of ether oxygens (including phenoxy) is 1. The van der Waals surface area contributed by atoms with Gasteiger partial charge in [0.1, 0.15) is 5.75 Å². The van der Waals surface area contributed by atoms with Crippen molar-refractivity contribution in [1.82, 2.24) is 5.32 Å². The molecule has 1 unspecified atom stereocenters. The molecule has 0 fully saturated rings. The third kappa shape index (κ3) is 4.59. The predicted molar refractivity (Wildman–Crippen MR) is 70.3 cm³/mol. The van der Waals surface area contributed by atoms with Crippen molar-refractivity contribution < 1.29 is 9.84 Å². The quantitative estimate of drug-likeness (QED) is 0.563. The molecule has 3 nitrogen and oxygen atoms in total. The summed E-state index contributed by atoms with van der Waals surface area (Å²) >= 11 is 0. The van der Waals surface area contributed by atoms with Crippen molar-refractivity contribution >= 4 is 0 Å². The first-order valence-electron chi connectivity index (χ1n) is 5.86. The molecule has 0 radical (unpaired) electrons. The second-order valence-electron chi connectivity index (χ2n) is 4.10. The van der Waals surface area contributed by atoms with Crippen LogP contribution in [0.2, 0.25) is 0 Å². The molecule has 0 bridgehead atoms. The van der Waals surface area contributed by atoms with Gasteiger partial charge in [-0.15, -0.1) is 6.58 Å². The Morgan fingerprint density at radius 3 is 2.94 bits per heavy atom. The van der Waals surface area contributed by atoms with Crippen molar-refractivity contribution in [3.63, 3.8) is 0 Å². The van der Waals surface area contributed by atoms with Crippen LogP contribution in [0, 0.1) is 6.92 Å². The van der Waals surface area contributed by atoms with Crippen LogP contribution in [0.25, 0.3) is 0 Å². The summed E-state index contributed by atoms with van der Waals surface area (Å²) in [6.45, 7) is 9.54. The van der Waals surface area contributed by atoms with Crippen LogP contribution < -0.4 is 5.32 Å². The van der Waals surface area contributed by atoms with Crippen molar-refractivity contribution in [3.05, 3.63) is 42.0 Å². The van der Waals surface area contributed by atoms with E-state index >= 15 is 0 Å². The van der Waals surface area contributed by atoms with E-state index < -0.39 is 0 Å². The number of aryl methyl sites for hydroxylation is 1. The zero-order chi connectivity index (χ0) is 12.7. The Kier molecular flexibility index (Phi) is 5.73. The van der Waals surface area contributed by atoms with Crippen molar-refractivity contribution in [3.8, 4) is 5.75 Å². The molecule has 0 aliphatic heterocycles. The minimum atomic E-state index is 0.114. The summed E-state index contributed by atoms with van der Waals surface area (Å²) in [5.41, 5.74) is 1.98. The third-order valence-electron chi connectivity index (χ3n) is 2.59. The highest BCUT2D eigenvalue weighted by Gasteiger charge is 2.09. The summed E-state index contributed by atoms with van der Waals surface area (Å²) in [6.07, 6.45) is 1.73. The molecule has 0 heterocycles. The Bertz CT molecular complexity index is 363. The number of benzene rings is 1. The SMILES string of the molecule is C=CCOCCNC(C)c1ccc(C)cc1O. The Balaban J connectivity index is 2.41. The van der Waals surface area contributed by atoms with Gasteiger partial charge in [-0.05, 0) is 25.5 Å². The second-order valence-corrected chi connectivity index (χ2v) is 4.10. The van der Waals surface area contributed by atoms with E-state index in [1.807, 2.05) is 26.0 Å². The molecule has 2 N–H and O–H groups in total. The lowest BCUT2D eigenvalue weighted by Gasteiger charge is -2.15. The normalized spacial score (nSPS) is 12.4. The lowest BCUT2D eigenvalue weighted by Crippen LogP contribution is -2.23. The average Bonchev–Trinajstić information content (AvgIpc) is 2.28. The van der Waals surface area contributed by atoms with Gasteiger partial charge in [0.2, 0.25) is 0 Å². The zero-order valence-corrected chi connectivity index (χ0v) is 10.6. The first kappa shape index (κ1) is 13.7. The highest BCUT2D eigenvalue weighted by molar-refractivity contribution is 5.37. The summed E-state index contributed by atoms with van der Waals surface area (Å²) in [5, 5.41) is 13.1. The molecule has 0 aliphatic rings. The second kappa shape index (κ2) is 7.09. The predicted octanol–water partition coefficient (Wildman–Crippen LogP) is 2.55. The minimum Gasteiger partial charge on any atom is -0.508 e. The largest absolute Gasteiger partial charge is 0.508 e. The molecule has 94 valence electrons. The van der Waals surface area contributed by atoms with Crippen LogP contribution in [0.5, 0.6) is 5.75 Å². The number of rotatable bonds is 7. The maximum absolute atomic E-state index is 9.82. The number of hydrogen-bond donors (Lipinski definition) is 2. The standard InChI is InChI=1S/C14H21NO2/c1-4-8-17-9-7-15-12(3)13-6-5-11(2)10-14(13)16/h4-6,10,12,15-16H,1,7-9H2,2-3H3. The molecule has 1 atom stereocenters. The van der Waals surface area contributed by atoms with Crippen LogP contribution >= 0.6 is 0 Å². The smallest absolute Gasteiger partial charge is 0.120 e. The molecule has 1 aromatic carbocycles. The summed E-state index contributed by atoms with van der Waals surface area (Å²) in [4.78, 5) is 0. The van der Waals surface area contributed by atoms with Gasteiger partial charge in [0.05, 0.1) is 13.2 Å². The molecule has 0 saturated carbocycles. The Hall–Kier alpha value is -1.32. The van der Waals surface area contributed by atoms with Crippen molar-refractivity contribution in [2.75, 3.05) is 19.8 Å². The summed E-state index contributed by atoms with van der Waals surface area (Å²) in [5.74, 6) is 0.344. The van der Waals surface area contributed by atoms with Crippen LogP contribution in [0.4, 0.5) is 0 Å². The fraction of sp³-hybridized carbons (Fsp3) is 0.429. The van der Waals surface area contributed by atoms with Crippen LogP contribution in [0.1, 0.15) is 24.1 Å². The molecule has 0 aliphatic carbocycles. The van der Waals surface area contributed by atoms with E-state index in [0.717, 1.165) is 17.7 Å². The molecular formula is C14H21NO2. The van der Waals surface area contributed by atoms with Crippen molar-refractivity contribution in [1.29, 1.82) is 0 Å². The molecule has 0 aromatic heterocycles. The van der Waals surface area contributed by atoms with Gasteiger partial charge < -0.3 is 15.2 Å². The Morgan fingerprint density at radius 2 is 2.29 bits per heavy atom. The Morgan fingerprint density at radius 1 is 1.53 bits per heavy atom. The lowest BCUT2D eigenvalue weighted by atomic mass is 10.1. The van der Waals surface area contributed by atoms with Gasteiger partial charge in [0.15, 0.2) is 0 Å². The molecule has 1 aromatic rings. The lowest BCUT2D eigenvalue weighted by molar-refractivity contribution is 0.161. The number of nitrogens with one attached hydrogen (secondary N) is 1. The summed E-state index contributed by atoms with van der Waals surface area (Å²) < 4.78 is 5.28. The van der Waals surface area contributed by atoms with Crippen LogP contribution in [-0.2, 0) is 4.74 Å². The number of phenols is 1. The number of aromatic hydroxyl groups is 1. The van der Waals surface area contributed by atoms with E-state index in [9.17, 15) is 5.11 Å². The number of hydrogen-bond acceptors (Lipinski definition) is 3. The molecule has 0 saturated heterocycles. The molecular weight excluding hydrogens is 214 g/mol. The summed E-state index contributed by atoms with van der Waals surface area (Å²) in [6, 6.07) is 5.85. The Labute approximate surface area is 103 Å². The van der Waals surface area contributed by atoms with Crippen LogP contribution in [0.15, 0.2) is 30.9 Å². The van der Waals surface area contributed by atoms with Gasteiger partial charge >= 0.3 is 0 Å². The fourth-order valence-electron chi connectivity index (χ4n) is 1.64. The van der Waals surface area contributed by atoms with E-state index in [-0.39, 0.29) is 6.04 Å². The molecule has 1 rings (SSSR count). The molecule has 0 amide bonds. The van der Waals surface area contributed by atoms with Gasteiger partial charge in [-0.3, -0.25) is 0 Å². The van der Waals surface area contributed by atoms with E-state index in [1.54, 1.807) is 12.1 Å². The zero-order valence-electron chi connectivity index (χ0n) is 10.6. The van der Waals surface area contributed by atoms with Crippen LogP contribution in [-0.4, -0.2) is 24.9 Å². The monoisotopic (exact) mass is 235 g/mol. The third-order valence-corrected chi connectivity index (χ3v) is 2.59. The highest BCUT2D eigenvalue weighted by atomic mass is 16.5. The van der Waals surface area contributed by atoms with Gasteiger partial charge in [-0.25, -0.2) is 0 Å². The van der Waals surface area contributed by atoms with Gasteiger partial charge in [-0.1, -0.05) is 18.2 Å². The summed E-state index contributed by atoms with van der Waals surface area (Å²) in [7, 11) is 0. The van der Waals surface area contributed by atoms with E-state index in [1.165, 1.54) is 0 Å². The van der Waals surface area contributed by atoms with Crippen molar-refractivity contribution in [2.45, 2.75) is 19.9 Å². The number of phenolic OH excluding ortho intramolecular Hbond substituents is 1. The van der Waals surface area contributed by atoms with Gasteiger partial charge in [0, 0.05) is 18.2 Å². The molecule has 17 heavy (non-hydrogen) atoms. The first-order valence-corrected chi connectivity index (χ1v) is 5.86. The minimum absolute atomic E-state index is 0.114. The maximum Gasteiger partial charge on any atom is 0.120 e. The topological polar surface area (TPSA) is 41.5 Å². The van der Waals surface area contributed by atoms with Crippen molar-refractivity contribution in [2.24, 2.45) is 0 Å². The maximum atomic E-state index is 9.82. The van der Waals surface area contributed by atoms with E-state index in [2.05, 4.69) is 11.9 Å². The van der Waals surface area contributed by atoms with E-state index in [0.29, 0.717) is 19.0 Å². The first-order chi connectivity index (χ1) is 8.15. The average molecular weight is 235 g/mol.